The van der Waals surface area contributed by atoms with Crippen molar-refractivity contribution in [3.05, 3.63) is 24.0 Å². The van der Waals surface area contributed by atoms with Gasteiger partial charge in [-0.3, -0.25) is 4.98 Å². The molecule has 0 amide bonds. The van der Waals surface area contributed by atoms with Crippen molar-refractivity contribution in [2.75, 3.05) is 6.61 Å². The van der Waals surface area contributed by atoms with Gasteiger partial charge < -0.3 is 9.84 Å². The average molecular weight is 253 g/mol. The van der Waals surface area contributed by atoms with Crippen LogP contribution >= 0.6 is 11.8 Å². The molecule has 3 atom stereocenters. The third-order valence-electron chi connectivity index (χ3n) is 3.08. The monoisotopic (exact) mass is 253 g/mol. The van der Waals surface area contributed by atoms with Crippen LogP contribution < -0.4 is 0 Å². The molecule has 1 saturated heterocycles. The molecule has 0 aromatic carbocycles. The Hall–Kier alpha value is -0.580. The second kappa shape index (κ2) is 5.85. The SMILES string of the molecule is CCC(O)c1ccc(SC2CCOC2C)cn1. The normalized spacial score (nSPS) is 26.1. The van der Waals surface area contributed by atoms with E-state index in [1.54, 1.807) is 0 Å². The van der Waals surface area contributed by atoms with Gasteiger partial charge in [-0.25, -0.2) is 0 Å². The van der Waals surface area contributed by atoms with Crippen LogP contribution in [-0.4, -0.2) is 28.1 Å². The molecule has 0 spiro atoms. The Morgan fingerprint density at radius 3 is 2.94 bits per heavy atom. The number of hydrogen-bond acceptors (Lipinski definition) is 4. The molecule has 2 rings (SSSR count). The van der Waals surface area contributed by atoms with Gasteiger partial charge in [0.05, 0.1) is 17.9 Å². The molecule has 1 N–H and O–H groups in total. The predicted molar refractivity (Wildman–Crippen MR) is 69.2 cm³/mol. The number of aliphatic hydroxyl groups excluding tert-OH is 1. The molecule has 1 aromatic rings. The summed E-state index contributed by atoms with van der Waals surface area (Å²) in [6.45, 7) is 4.93. The largest absolute Gasteiger partial charge is 0.387 e. The first kappa shape index (κ1) is 12.9. The fourth-order valence-electron chi connectivity index (χ4n) is 1.91. The van der Waals surface area contributed by atoms with Crippen molar-refractivity contribution in [2.24, 2.45) is 0 Å². The molecule has 0 saturated carbocycles. The van der Waals surface area contributed by atoms with Gasteiger partial charge in [-0.2, -0.15) is 0 Å². The minimum atomic E-state index is -0.442. The van der Waals surface area contributed by atoms with E-state index < -0.39 is 6.10 Å². The Bertz CT molecular complexity index is 355. The molecular formula is C13H19NO2S. The molecule has 1 aliphatic rings. The third kappa shape index (κ3) is 3.21. The van der Waals surface area contributed by atoms with Gasteiger partial charge in [0.2, 0.25) is 0 Å². The Balaban J connectivity index is 1.98. The molecule has 94 valence electrons. The number of nitrogens with zero attached hydrogens (tertiary/aromatic N) is 1. The molecule has 1 aliphatic heterocycles. The topological polar surface area (TPSA) is 42.4 Å². The molecule has 3 unspecified atom stereocenters. The van der Waals surface area contributed by atoms with Crippen LogP contribution in [0.3, 0.4) is 0 Å². The third-order valence-corrected chi connectivity index (χ3v) is 4.52. The number of hydrogen-bond donors (Lipinski definition) is 1. The average Bonchev–Trinajstić information content (AvgIpc) is 2.75. The number of aromatic nitrogens is 1. The maximum atomic E-state index is 9.66. The zero-order chi connectivity index (χ0) is 12.3. The Morgan fingerprint density at radius 1 is 1.59 bits per heavy atom. The predicted octanol–water partition coefficient (Wildman–Crippen LogP) is 2.79. The van der Waals surface area contributed by atoms with Gasteiger partial charge in [0, 0.05) is 22.9 Å². The Kier molecular flexibility index (Phi) is 4.42. The summed E-state index contributed by atoms with van der Waals surface area (Å²) in [5, 5.41) is 10.2. The lowest BCUT2D eigenvalue weighted by molar-refractivity contribution is 0.127. The van der Waals surface area contributed by atoms with Crippen LogP contribution in [0.1, 0.15) is 38.5 Å². The second-order valence-electron chi connectivity index (χ2n) is 4.36. The highest BCUT2D eigenvalue weighted by atomic mass is 32.2. The van der Waals surface area contributed by atoms with Gasteiger partial charge >= 0.3 is 0 Å². The van der Waals surface area contributed by atoms with Crippen LogP contribution in [0.5, 0.6) is 0 Å². The van der Waals surface area contributed by atoms with Crippen molar-refractivity contribution >= 4 is 11.8 Å². The minimum Gasteiger partial charge on any atom is -0.387 e. The fourth-order valence-corrected chi connectivity index (χ4v) is 3.00. The minimum absolute atomic E-state index is 0.320. The number of thioether (sulfide) groups is 1. The molecule has 0 aliphatic carbocycles. The second-order valence-corrected chi connectivity index (χ2v) is 5.68. The molecule has 3 nitrogen and oxygen atoms in total. The number of pyridine rings is 1. The first-order valence-electron chi connectivity index (χ1n) is 6.13. The van der Waals surface area contributed by atoms with Crippen LogP contribution in [-0.2, 0) is 4.74 Å². The molecule has 1 aromatic heterocycles. The van der Waals surface area contributed by atoms with Crippen molar-refractivity contribution in [1.82, 2.24) is 4.98 Å². The first-order chi connectivity index (χ1) is 8.20. The smallest absolute Gasteiger partial charge is 0.0957 e. The van der Waals surface area contributed by atoms with Crippen LogP contribution in [0.2, 0.25) is 0 Å². The van der Waals surface area contributed by atoms with Crippen LogP contribution in [0.15, 0.2) is 23.2 Å². The lowest BCUT2D eigenvalue weighted by atomic mass is 10.2. The van der Waals surface area contributed by atoms with Crippen molar-refractivity contribution in [3.8, 4) is 0 Å². The van der Waals surface area contributed by atoms with E-state index in [9.17, 15) is 5.11 Å². The number of rotatable bonds is 4. The highest BCUT2D eigenvalue weighted by molar-refractivity contribution is 8.00. The number of ether oxygens (including phenoxy) is 1. The Morgan fingerprint density at radius 2 is 2.41 bits per heavy atom. The molecule has 17 heavy (non-hydrogen) atoms. The summed E-state index contributed by atoms with van der Waals surface area (Å²) in [5.41, 5.74) is 0.757. The zero-order valence-corrected chi connectivity index (χ0v) is 11.1. The molecule has 2 heterocycles. The van der Waals surface area contributed by atoms with Crippen LogP contribution in [0.25, 0.3) is 0 Å². The van der Waals surface area contributed by atoms with Crippen molar-refractivity contribution in [1.29, 1.82) is 0 Å². The standard InChI is InChI=1S/C13H19NO2S/c1-3-12(15)11-5-4-10(8-14-11)17-13-6-7-16-9(13)2/h4-5,8-9,12-13,15H,3,6-7H2,1-2H3. The van der Waals surface area contributed by atoms with E-state index in [4.69, 9.17) is 4.74 Å². The summed E-state index contributed by atoms with van der Waals surface area (Å²) in [6.07, 6.45) is 3.53. The van der Waals surface area contributed by atoms with Gasteiger partial charge in [0.1, 0.15) is 0 Å². The van der Waals surface area contributed by atoms with Crippen LogP contribution in [0.4, 0.5) is 0 Å². The van der Waals surface area contributed by atoms with Gasteiger partial charge in [-0.1, -0.05) is 6.92 Å². The summed E-state index contributed by atoms with van der Waals surface area (Å²) in [5.74, 6) is 0. The van der Waals surface area contributed by atoms with Crippen LogP contribution in [0, 0.1) is 0 Å². The van der Waals surface area contributed by atoms with Gasteiger partial charge in [0.15, 0.2) is 0 Å². The Labute approximate surface area is 107 Å². The summed E-state index contributed by atoms with van der Waals surface area (Å²) in [4.78, 5) is 5.46. The molecule has 0 radical (unpaired) electrons. The molecule has 1 fully saturated rings. The molecular weight excluding hydrogens is 234 g/mol. The van der Waals surface area contributed by atoms with E-state index in [1.165, 1.54) is 0 Å². The maximum Gasteiger partial charge on any atom is 0.0957 e. The molecule has 4 heteroatoms. The van der Waals surface area contributed by atoms with Gasteiger partial charge in [0.25, 0.3) is 0 Å². The number of aliphatic hydroxyl groups is 1. The van der Waals surface area contributed by atoms with Crippen molar-refractivity contribution in [2.45, 2.75) is 49.0 Å². The van der Waals surface area contributed by atoms with E-state index >= 15 is 0 Å². The zero-order valence-electron chi connectivity index (χ0n) is 10.3. The van der Waals surface area contributed by atoms with E-state index in [-0.39, 0.29) is 0 Å². The van der Waals surface area contributed by atoms with Gasteiger partial charge in [-0.15, -0.1) is 11.8 Å². The summed E-state index contributed by atoms with van der Waals surface area (Å²) < 4.78 is 5.54. The lowest BCUT2D eigenvalue weighted by Gasteiger charge is -2.13. The van der Waals surface area contributed by atoms with E-state index in [0.29, 0.717) is 17.8 Å². The van der Waals surface area contributed by atoms with Crippen molar-refractivity contribution < 1.29 is 9.84 Å². The van der Waals surface area contributed by atoms with E-state index in [2.05, 4.69) is 11.9 Å². The maximum absolute atomic E-state index is 9.66. The highest BCUT2D eigenvalue weighted by Gasteiger charge is 2.25. The highest BCUT2D eigenvalue weighted by Crippen LogP contribution is 2.32. The summed E-state index contributed by atoms with van der Waals surface area (Å²) in [7, 11) is 0. The van der Waals surface area contributed by atoms with E-state index in [1.807, 2.05) is 37.0 Å². The van der Waals surface area contributed by atoms with E-state index in [0.717, 1.165) is 23.6 Å². The van der Waals surface area contributed by atoms with Crippen molar-refractivity contribution in [3.63, 3.8) is 0 Å². The molecule has 0 bridgehead atoms. The van der Waals surface area contributed by atoms with Gasteiger partial charge in [-0.05, 0) is 31.9 Å². The quantitative estimate of drug-likeness (QED) is 0.896. The lowest BCUT2D eigenvalue weighted by Crippen LogP contribution is -2.13. The summed E-state index contributed by atoms with van der Waals surface area (Å²) >= 11 is 1.82. The first-order valence-corrected chi connectivity index (χ1v) is 7.01. The summed E-state index contributed by atoms with van der Waals surface area (Å²) in [6, 6.07) is 3.95. The fraction of sp³-hybridized carbons (Fsp3) is 0.615.